The molecule has 0 spiro atoms. The average Bonchev–Trinajstić information content (AvgIpc) is 2.50. The molecule has 2 heteroatoms. The lowest BCUT2D eigenvalue weighted by atomic mass is 10.0. The Bertz CT molecular complexity index is 222. The van der Waals surface area contributed by atoms with E-state index in [2.05, 4.69) is 6.07 Å². The third-order valence-corrected chi connectivity index (χ3v) is 4.18. The van der Waals surface area contributed by atoms with E-state index in [0.717, 1.165) is 25.7 Å². The summed E-state index contributed by atoms with van der Waals surface area (Å²) < 4.78 is 0. The molecule has 0 aromatic rings. The summed E-state index contributed by atoms with van der Waals surface area (Å²) in [6, 6.07) is 2.21. The van der Waals surface area contributed by atoms with Crippen LogP contribution in [0.4, 0.5) is 0 Å². The number of nitrogens with zero attached hydrogens (tertiary/aromatic N) is 1. The molecule has 0 aliphatic heterocycles. The van der Waals surface area contributed by atoms with Gasteiger partial charge in [-0.2, -0.15) is 5.26 Å². The van der Waals surface area contributed by atoms with Gasteiger partial charge in [0.05, 0.1) is 12.7 Å². The van der Waals surface area contributed by atoms with Crippen molar-refractivity contribution >= 4 is 0 Å². The summed E-state index contributed by atoms with van der Waals surface area (Å²) in [4.78, 5) is 0. The standard InChI is InChI=1S/C19H36NO/c20-18-16-14-12-10-8-6-4-2-1-3-5-7-9-11-13-15-17-19-21/h1-17,19H2. The smallest absolute Gasteiger partial charge is 0.0822 e. The van der Waals surface area contributed by atoms with E-state index in [4.69, 9.17) is 5.26 Å². The summed E-state index contributed by atoms with van der Waals surface area (Å²) in [5.41, 5.74) is 0. The van der Waals surface area contributed by atoms with Crippen LogP contribution in [0.5, 0.6) is 0 Å². The topological polar surface area (TPSA) is 43.7 Å². The highest BCUT2D eigenvalue weighted by Gasteiger charge is 1.94. The first-order valence-corrected chi connectivity index (χ1v) is 9.37. The van der Waals surface area contributed by atoms with Gasteiger partial charge in [0, 0.05) is 6.42 Å². The Morgan fingerprint density at radius 1 is 0.476 bits per heavy atom. The Morgan fingerprint density at radius 2 is 0.762 bits per heavy atom. The second kappa shape index (κ2) is 19.4. The second-order valence-corrected chi connectivity index (χ2v) is 6.27. The molecule has 0 fully saturated rings. The first kappa shape index (κ1) is 20.5. The molecular weight excluding hydrogens is 258 g/mol. The lowest BCUT2D eigenvalue weighted by molar-refractivity contribution is 0.186. The van der Waals surface area contributed by atoms with Gasteiger partial charge in [-0.05, 0) is 12.8 Å². The summed E-state index contributed by atoms with van der Waals surface area (Å²) >= 11 is 0. The minimum Gasteiger partial charge on any atom is -0.237 e. The van der Waals surface area contributed by atoms with Crippen molar-refractivity contribution in [2.24, 2.45) is 0 Å². The zero-order valence-electron chi connectivity index (χ0n) is 14.1. The van der Waals surface area contributed by atoms with Gasteiger partial charge in [0.1, 0.15) is 0 Å². The third kappa shape index (κ3) is 19.4. The fourth-order valence-corrected chi connectivity index (χ4v) is 2.78. The van der Waals surface area contributed by atoms with Crippen molar-refractivity contribution in [2.75, 3.05) is 6.61 Å². The van der Waals surface area contributed by atoms with Gasteiger partial charge in [-0.15, -0.1) is 0 Å². The van der Waals surface area contributed by atoms with Gasteiger partial charge in [0.2, 0.25) is 0 Å². The first-order valence-electron chi connectivity index (χ1n) is 9.37. The van der Waals surface area contributed by atoms with Crippen molar-refractivity contribution in [3.8, 4) is 6.07 Å². The van der Waals surface area contributed by atoms with Crippen LogP contribution < -0.4 is 0 Å². The highest BCUT2D eigenvalue weighted by Crippen LogP contribution is 2.13. The Balaban J connectivity index is 2.92. The molecule has 123 valence electrons. The zero-order valence-corrected chi connectivity index (χ0v) is 14.1. The second-order valence-electron chi connectivity index (χ2n) is 6.27. The molecule has 0 heterocycles. The number of hydrogen-bond donors (Lipinski definition) is 0. The maximum atomic E-state index is 10.3. The van der Waals surface area contributed by atoms with E-state index in [1.165, 1.54) is 83.5 Å². The van der Waals surface area contributed by atoms with Crippen molar-refractivity contribution < 1.29 is 5.11 Å². The van der Waals surface area contributed by atoms with E-state index in [1.807, 2.05) is 0 Å². The van der Waals surface area contributed by atoms with E-state index in [9.17, 15) is 5.11 Å². The summed E-state index contributed by atoms with van der Waals surface area (Å²) in [7, 11) is 0. The van der Waals surface area contributed by atoms with Gasteiger partial charge in [0.15, 0.2) is 0 Å². The average molecular weight is 295 g/mol. The van der Waals surface area contributed by atoms with Crippen LogP contribution >= 0.6 is 0 Å². The maximum Gasteiger partial charge on any atom is 0.0822 e. The van der Waals surface area contributed by atoms with Crippen LogP contribution in [0.15, 0.2) is 0 Å². The summed E-state index contributed by atoms with van der Waals surface area (Å²) in [6.07, 6.45) is 21.5. The van der Waals surface area contributed by atoms with Gasteiger partial charge in [-0.25, -0.2) is 5.11 Å². The van der Waals surface area contributed by atoms with Crippen LogP contribution in [-0.4, -0.2) is 6.61 Å². The summed E-state index contributed by atoms with van der Waals surface area (Å²) in [6.45, 7) is 0.111. The lowest BCUT2D eigenvalue weighted by Gasteiger charge is -2.03. The van der Waals surface area contributed by atoms with Crippen molar-refractivity contribution in [2.45, 2.75) is 109 Å². The Labute approximate surface area is 132 Å². The van der Waals surface area contributed by atoms with E-state index >= 15 is 0 Å². The number of hydrogen-bond acceptors (Lipinski definition) is 1. The van der Waals surface area contributed by atoms with Crippen molar-refractivity contribution in [1.82, 2.24) is 0 Å². The predicted molar refractivity (Wildman–Crippen MR) is 89.7 cm³/mol. The Morgan fingerprint density at radius 3 is 1.05 bits per heavy atom. The van der Waals surface area contributed by atoms with Crippen LogP contribution in [-0.2, 0) is 5.11 Å². The highest BCUT2D eigenvalue weighted by molar-refractivity contribution is 4.67. The zero-order chi connectivity index (χ0) is 15.4. The SMILES string of the molecule is N#CCCCCCCCCCCCCCCCCCC[O]. The molecular formula is C19H36NO. The number of unbranched alkanes of at least 4 members (excludes halogenated alkanes) is 16. The Kier molecular flexibility index (Phi) is 18.9. The number of nitriles is 1. The van der Waals surface area contributed by atoms with Crippen LogP contribution in [0, 0.1) is 11.3 Å². The molecule has 0 rings (SSSR count). The quantitative estimate of drug-likeness (QED) is 0.280. The minimum atomic E-state index is 0.111. The monoisotopic (exact) mass is 294 g/mol. The van der Waals surface area contributed by atoms with Gasteiger partial charge in [-0.3, -0.25) is 0 Å². The van der Waals surface area contributed by atoms with Crippen molar-refractivity contribution in [3.05, 3.63) is 0 Å². The molecule has 0 aliphatic carbocycles. The molecule has 0 unspecified atom stereocenters. The Hall–Kier alpha value is -0.550. The predicted octanol–water partition coefficient (Wildman–Crippen LogP) is 6.57. The molecule has 0 N–H and O–H groups in total. The lowest BCUT2D eigenvalue weighted by Crippen LogP contribution is -1.84. The van der Waals surface area contributed by atoms with E-state index in [0.29, 0.717) is 0 Å². The van der Waals surface area contributed by atoms with Crippen LogP contribution in [0.2, 0.25) is 0 Å². The molecule has 0 atom stereocenters. The first-order chi connectivity index (χ1) is 10.4. The molecule has 0 bridgehead atoms. The van der Waals surface area contributed by atoms with Gasteiger partial charge < -0.3 is 0 Å². The van der Waals surface area contributed by atoms with Crippen molar-refractivity contribution in [3.63, 3.8) is 0 Å². The highest BCUT2D eigenvalue weighted by atomic mass is 16.2. The molecule has 0 amide bonds. The van der Waals surface area contributed by atoms with E-state index in [1.54, 1.807) is 0 Å². The minimum absolute atomic E-state index is 0.111. The van der Waals surface area contributed by atoms with Gasteiger partial charge >= 0.3 is 0 Å². The maximum absolute atomic E-state index is 10.3. The van der Waals surface area contributed by atoms with Crippen molar-refractivity contribution in [1.29, 1.82) is 5.26 Å². The van der Waals surface area contributed by atoms with Crippen LogP contribution in [0.1, 0.15) is 109 Å². The molecule has 0 aromatic heterocycles. The molecule has 2 nitrogen and oxygen atoms in total. The van der Waals surface area contributed by atoms with E-state index < -0.39 is 0 Å². The fraction of sp³-hybridized carbons (Fsp3) is 0.947. The summed E-state index contributed by atoms with van der Waals surface area (Å²) in [5.74, 6) is 0. The molecule has 21 heavy (non-hydrogen) atoms. The van der Waals surface area contributed by atoms with Gasteiger partial charge in [0.25, 0.3) is 0 Å². The van der Waals surface area contributed by atoms with Crippen LogP contribution in [0.3, 0.4) is 0 Å². The fourth-order valence-electron chi connectivity index (χ4n) is 2.78. The largest absolute Gasteiger partial charge is 0.237 e. The molecule has 0 saturated heterocycles. The molecule has 0 aromatic carbocycles. The molecule has 1 radical (unpaired) electrons. The van der Waals surface area contributed by atoms with Gasteiger partial charge in [-0.1, -0.05) is 89.9 Å². The number of rotatable bonds is 17. The molecule has 0 saturated carbocycles. The molecule has 0 aliphatic rings. The summed E-state index contributed by atoms with van der Waals surface area (Å²) in [5, 5.41) is 18.7. The normalized spacial score (nSPS) is 10.7. The third-order valence-electron chi connectivity index (χ3n) is 4.18. The van der Waals surface area contributed by atoms with E-state index in [-0.39, 0.29) is 6.61 Å². The van der Waals surface area contributed by atoms with Crippen LogP contribution in [0.25, 0.3) is 0 Å².